The Balaban J connectivity index is 0.00000180. The smallest absolute Gasteiger partial charge is 0.243 e. The molecule has 0 aliphatic carbocycles. The summed E-state index contributed by atoms with van der Waals surface area (Å²) in [6.45, 7) is 5.30. The molecule has 2 unspecified atom stereocenters. The fourth-order valence-corrected chi connectivity index (χ4v) is 2.73. The van der Waals surface area contributed by atoms with Gasteiger partial charge in [0.15, 0.2) is 5.13 Å². The zero-order valence-electron chi connectivity index (χ0n) is 11.1. The minimum absolute atomic E-state index is 0. The summed E-state index contributed by atoms with van der Waals surface area (Å²) < 4.78 is 5.35. The summed E-state index contributed by atoms with van der Waals surface area (Å²) in [6, 6.07) is -0.479. The summed E-state index contributed by atoms with van der Waals surface area (Å²) in [6.07, 6.45) is 1.70. The number of thiazole rings is 1. The van der Waals surface area contributed by atoms with E-state index in [9.17, 15) is 4.79 Å². The molecule has 0 fully saturated rings. The molecule has 1 aromatic heterocycles. The van der Waals surface area contributed by atoms with Gasteiger partial charge in [0.1, 0.15) is 0 Å². The van der Waals surface area contributed by atoms with E-state index in [1.807, 2.05) is 13.8 Å². The van der Waals surface area contributed by atoms with E-state index in [0.717, 1.165) is 23.4 Å². The number of amides is 1. The number of nitrogens with two attached hydrogens (primary N) is 1. The van der Waals surface area contributed by atoms with Gasteiger partial charge in [-0.3, -0.25) is 4.79 Å². The predicted octanol–water partition coefficient (Wildman–Crippen LogP) is 1.95. The molecule has 0 saturated carbocycles. The molecular weight excluding hydrogens is 286 g/mol. The second-order valence-corrected chi connectivity index (χ2v) is 5.68. The number of ether oxygens (including phenoxy) is 1. The van der Waals surface area contributed by atoms with Gasteiger partial charge in [-0.25, -0.2) is 4.98 Å². The number of hydrogen-bond acceptors (Lipinski definition) is 5. The van der Waals surface area contributed by atoms with Crippen molar-refractivity contribution >= 4 is 34.8 Å². The third-order valence-corrected chi connectivity index (χ3v) is 4.27. The SMILES string of the molecule is CCC(C)C(N)C(=O)Nc1nc2c(s1)COCC2.Cl. The monoisotopic (exact) mass is 305 g/mol. The maximum Gasteiger partial charge on any atom is 0.243 e. The van der Waals surface area contributed by atoms with Crippen LogP contribution in [0, 0.1) is 5.92 Å². The Morgan fingerprint density at radius 3 is 3.00 bits per heavy atom. The van der Waals surface area contributed by atoms with Crippen molar-refractivity contribution in [2.45, 2.75) is 39.3 Å². The number of hydrogen-bond donors (Lipinski definition) is 2. The Morgan fingerprint density at radius 1 is 1.63 bits per heavy atom. The maximum atomic E-state index is 11.9. The first-order valence-corrected chi connectivity index (χ1v) is 7.06. The molecule has 2 rings (SSSR count). The number of nitrogens with zero attached hydrogens (tertiary/aromatic N) is 1. The highest BCUT2D eigenvalue weighted by Crippen LogP contribution is 2.27. The van der Waals surface area contributed by atoms with E-state index in [0.29, 0.717) is 18.3 Å². The third kappa shape index (κ3) is 3.89. The fraction of sp³-hybridized carbons (Fsp3) is 0.667. The van der Waals surface area contributed by atoms with Crippen molar-refractivity contribution in [2.75, 3.05) is 11.9 Å². The molecule has 0 saturated heterocycles. The van der Waals surface area contributed by atoms with Crippen LogP contribution in [0.25, 0.3) is 0 Å². The van der Waals surface area contributed by atoms with Crippen LogP contribution in [0.15, 0.2) is 0 Å². The fourth-order valence-electron chi connectivity index (χ4n) is 1.78. The summed E-state index contributed by atoms with van der Waals surface area (Å²) in [4.78, 5) is 17.4. The van der Waals surface area contributed by atoms with Gasteiger partial charge in [0.2, 0.25) is 5.91 Å². The minimum Gasteiger partial charge on any atom is -0.375 e. The molecular formula is C12H20ClN3O2S. The molecule has 108 valence electrons. The van der Waals surface area contributed by atoms with Gasteiger partial charge in [0.05, 0.1) is 29.8 Å². The number of fused-ring (bicyclic) bond motifs is 1. The highest BCUT2D eigenvalue weighted by Gasteiger charge is 2.22. The lowest BCUT2D eigenvalue weighted by Crippen LogP contribution is -2.40. The Kier molecular flexibility index (Phi) is 6.19. The Morgan fingerprint density at radius 2 is 2.37 bits per heavy atom. The maximum absolute atomic E-state index is 11.9. The minimum atomic E-state index is -0.479. The van der Waals surface area contributed by atoms with Crippen molar-refractivity contribution in [3.63, 3.8) is 0 Å². The molecule has 5 nitrogen and oxygen atoms in total. The van der Waals surface area contributed by atoms with E-state index in [4.69, 9.17) is 10.5 Å². The average Bonchev–Trinajstić information content (AvgIpc) is 2.78. The largest absolute Gasteiger partial charge is 0.375 e. The lowest BCUT2D eigenvalue weighted by atomic mass is 10.00. The van der Waals surface area contributed by atoms with E-state index in [1.165, 1.54) is 11.3 Å². The lowest BCUT2D eigenvalue weighted by molar-refractivity contribution is -0.118. The Hall–Kier alpha value is -0.690. The Bertz CT molecular complexity index is 415. The van der Waals surface area contributed by atoms with E-state index in [2.05, 4.69) is 10.3 Å². The number of carbonyl (C=O) groups excluding carboxylic acids is 1. The van der Waals surface area contributed by atoms with Crippen molar-refractivity contribution in [3.05, 3.63) is 10.6 Å². The van der Waals surface area contributed by atoms with Crippen LogP contribution in [0.5, 0.6) is 0 Å². The number of nitrogens with one attached hydrogen (secondary N) is 1. The van der Waals surface area contributed by atoms with Crippen LogP contribution in [0.1, 0.15) is 30.8 Å². The lowest BCUT2D eigenvalue weighted by Gasteiger charge is -2.16. The highest BCUT2D eigenvalue weighted by molar-refractivity contribution is 7.15. The van der Waals surface area contributed by atoms with Crippen LogP contribution in [-0.4, -0.2) is 23.5 Å². The first-order valence-electron chi connectivity index (χ1n) is 6.24. The van der Waals surface area contributed by atoms with E-state index >= 15 is 0 Å². The van der Waals surface area contributed by atoms with Crippen LogP contribution in [-0.2, 0) is 22.6 Å². The number of carbonyl (C=O) groups is 1. The summed E-state index contributed by atoms with van der Waals surface area (Å²) in [5.74, 6) is 0.0132. The topological polar surface area (TPSA) is 77.2 Å². The third-order valence-electron chi connectivity index (χ3n) is 3.28. The molecule has 1 amide bonds. The van der Waals surface area contributed by atoms with Crippen LogP contribution in [0.2, 0.25) is 0 Å². The van der Waals surface area contributed by atoms with Gasteiger partial charge >= 0.3 is 0 Å². The zero-order valence-corrected chi connectivity index (χ0v) is 12.8. The molecule has 0 spiro atoms. The Labute approximate surface area is 123 Å². The highest BCUT2D eigenvalue weighted by atomic mass is 35.5. The molecule has 0 bridgehead atoms. The molecule has 3 N–H and O–H groups in total. The van der Waals surface area contributed by atoms with Crippen LogP contribution >= 0.6 is 23.7 Å². The van der Waals surface area contributed by atoms with Gasteiger partial charge in [-0.1, -0.05) is 31.6 Å². The molecule has 2 atom stereocenters. The van der Waals surface area contributed by atoms with E-state index in [-0.39, 0.29) is 24.2 Å². The second kappa shape index (κ2) is 7.19. The first-order chi connectivity index (χ1) is 8.61. The van der Waals surface area contributed by atoms with Crippen molar-refractivity contribution in [1.29, 1.82) is 0 Å². The molecule has 2 heterocycles. The van der Waals surface area contributed by atoms with Crippen LogP contribution in [0.4, 0.5) is 5.13 Å². The molecule has 1 aliphatic heterocycles. The van der Waals surface area contributed by atoms with E-state index < -0.39 is 6.04 Å². The summed E-state index contributed by atoms with van der Waals surface area (Å²) in [5, 5.41) is 3.44. The molecule has 1 aliphatic rings. The normalized spacial score (nSPS) is 17.0. The number of halogens is 1. The molecule has 0 aromatic carbocycles. The van der Waals surface area contributed by atoms with Gasteiger partial charge in [0, 0.05) is 6.42 Å². The molecule has 1 aromatic rings. The second-order valence-electron chi connectivity index (χ2n) is 4.59. The van der Waals surface area contributed by atoms with Crippen molar-refractivity contribution in [2.24, 2.45) is 11.7 Å². The van der Waals surface area contributed by atoms with Crippen molar-refractivity contribution in [1.82, 2.24) is 4.98 Å². The van der Waals surface area contributed by atoms with Gasteiger partial charge in [0.25, 0.3) is 0 Å². The number of rotatable bonds is 4. The van der Waals surface area contributed by atoms with Crippen LogP contribution in [0.3, 0.4) is 0 Å². The number of aromatic nitrogens is 1. The summed E-state index contributed by atoms with van der Waals surface area (Å²) >= 11 is 1.48. The quantitative estimate of drug-likeness (QED) is 0.891. The molecule has 0 radical (unpaired) electrons. The summed E-state index contributed by atoms with van der Waals surface area (Å²) in [7, 11) is 0. The molecule has 19 heavy (non-hydrogen) atoms. The summed E-state index contributed by atoms with van der Waals surface area (Å²) in [5.41, 5.74) is 6.92. The van der Waals surface area contributed by atoms with Gasteiger partial charge < -0.3 is 15.8 Å². The van der Waals surface area contributed by atoms with Gasteiger partial charge in [-0.05, 0) is 5.92 Å². The van der Waals surface area contributed by atoms with Crippen molar-refractivity contribution < 1.29 is 9.53 Å². The standard InChI is InChI=1S/C12H19N3O2S.ClH/c1-3-7(2)10(13)11(16)15-12-14-8-4-5-17-6-9(8)18-12;/h7,10H,3-6,13H2,1-2H3,(H,14,15,16);1H. The van der Waals surface area contributed by atoms with Gasteiger partial charge in [-0.2, -0.15) is 0 Å². The van der Waals surface area contributed by atoms with Crippen molar-refractivity contribution in [3.8, 4) is 0 Å². The average molecular weight is 306 g/mol. The van der Waals surface area contributed by atoms with Gasteiger partial charge in [-0.15, -0.1) is 12.4 Å². The molecule has 7 heteroatoms. The van der Waals surface area contributed by atoms with E-state index in [1.54, 1.807) is 0 Å². The van der Waals surface area contributed by atoms with Crippen LogP contribution < -0.4 is 11.1 Å². The zero-order chi connectivity index (χ0) is 13.1. The first kappa shape index (κ1) is 16.4. The predicted molar refractivity (Wildman–Crippen MR) is 78.8 cm³/mol. The number of anilines is 1.